The van der Waals surface area contributed by atoms with E-state index in [1.807, 2.05) is 23.1 Å². The zero-order valence-electron chi connectivity index (χ0n) is 11.2. The number of hydrogen-bond donors (Lipinski definition) is 1. The van der Waals surface area contributed by atoms with Crippen LogP contribution in [0, 0.1) is 5.92 Å². The third-order valence-electron chi connectivity index (χ3n) is 4.04. The van der Waals surface area contributed by atoms with Crippen LogP contribution in [0.5, 0.6) is 0 Å². The number of benzene rings is 1. The zero-order chi connectivity index (χ0) is 13.8. The van der Waals surface area contributed by atoms with Crippen LogP contribution in [-0.4, -0.2) is 27.6 Å². The summed E-state index contributed by atoms with van der Waals surface area (Å²) in [6.07, 6.45) is 2.21. The molecule has 0 bridgehead atoms. The summed E-state index contributed by atoms with van der Waals surface area (Å²) in [5.74, 6) is 0.485. The number of fused-ring (bicyclic) bond motifs is 1. The van der Waals surface area contributed by atoms with E-state index in [0.29, 0.717) is 12.5 Å². The van der Waals surface area contributed by atoms with Gasteiger partial charge >= 0.3 is 0 Å². The molecule has 1 saturated carbocycles. The van der Waals surface area contributed by atoms with E-state index < -0.39 is 5.60 Å². The molecule has 1 heterocycles. The largest absolute Gasteiger partial charge is 0.388 e. The molecule has 1 atom stereocenters. The minimum Gasteiger partial charge on any atom is -0.388 e. The number of nitrogens with zero attached hydrogens (tertiary/aromatic N) is 1. The molecule has 4 heteroatoms. The summed E-state index contributed by atoms with van der Waals surface area (Å²) < 4.78 is 0.850. The van der Waals surface area contributed by atoms with Crippen molar-refractivity contribution >= 4 is 21.8 Å². The van der Waals surface area contributed by atoms with Crippen molar-refractivity contribution in [2.45, 2.75) is 44.9 Å². The number of carbonyl (C=O) groups excluding carboxylic acids is 1. The Hall–Kier alpha value is -0.870. The van der Waals surface area contributed by atoms with E-state index in [4.69, 9.17) is 0 Å². The average Bonchev–Trinajstić information content (AvgIpc) is 3.04. The second kappa shape index (κ2) is 4.32. The second-order valence-electron chi connectivity index (χ2n) is 6.14. The van der Waals surface area contributed by atoms with Gasteiger partial charge in [0.1, 0.15) is 0 Å². The molecule has 0 unspecified atom stereocenters. The van der Waals surface area contributed by atoms with Gasteiger partial charge in [-0.05, 0) is 60.2 Å². The van der Waals surface area contributed by atoms with Crippen molar-refractivity contribution in [3.8, 4) is 0 Å². The Balaban J connectivity index is 1.97. The third kappa shape index (κ3) is 2.21. The Kier molecular flexibility index (Phi) is 2.98. The van der Waals surface area contributed by atoms with Crippen LogP contribution in [0.4, 0.5) is 0 Å². The van der Waals surface area contributed by atoms with Gasteiger partial charge in [-0.25, -0.2) is 0 Å². The van der Waals surface area contributed by atoms with E-state index in [-0.39, 0.29) is 11.9 Å². The maximum absolute atomic E-state index is 12.6. The molecule has 0 radical (unpaired) electrons. The maximum atomic E-state index is 12.6. The molecule has 1 fully saturated rings. The van der Waals surface area contributed by atoms with Crippen molar-refractivity contribution < 1.29 is 9.90 Å². The minimum absolute atomic E-state index is 0.0431. The van der Waals surface area contributed by atoms with E-state index in [0.717, 1.165) is 28.4 Å². The van der Waals surface area contributed by atoms with Crippen LogP contribution in [-0.2, 0) is 6.54 Å². The van der Waals surface area contributed by atoms with E-state index in [9.17, 15) is 9.90 Å². The molecular weight excluding hydrogens is 306 g/mol. The van der Waals surface area contributed by atoms with Crippen LogP contribution in [0.3, 0.4) is 0 Å². The summed E-state index contributed by atoms with van der Waals surface area (Å²) in [6, 6.07) is 5.76. The van der Waals surface area contributed by atoms with Gasteiger partial charge in [0.15, 0.2) is 0 Å². The first-order valence-electron chi connectivity index (χ1n) is 6.70. The topological polar surface area (TPSA) is 40.5 Å². The molecule has 1 aromatic rings. The van der Waals surface area contributed by atoms with Gasteiger partial charge in [-0.1, -0.05) is 12.1 Å². The van der Waals surface area contributed by atoms with E-state index in [1.54, 1.807) is 13.8 Å². The molecule has 1 aliphatic heterocycles. The number of rotatable bonds is 3. The predicted octanol–water partition coefficient (Wildman–Crippen LogP) is 2.95. The lowest BCUT2D eigenvalue weighted by molar-refractivity contribution is -0.0224. The highest BCUT2D eigenvalue weighted by atomic mass is 79.9. The molecule has 1 aromatic carbocycles. The molecule has 1 aliphatic carbocycles. The van der Waals surface area contributed by atoms with E-state index in [1.165, 1.54) is 0 Å². The molecule has 1 amide bonds. The molecule has 1 N–H and O–H groups in total. The fourth-order valence-electron chi connectivity index (χ4n) is 3.19. The SMILES string of the molecule is CC(C)(O)[C@@H](C1CC1)N1Cc2cccc(Br)c2C1=O. The Bertz CT molecular complexity index is 531. The lowest BCUT2D eigenvalue weighted by atomic mass is 9.93. The van der Waals surface area contributed by atoms with Crippen LogP contribution in [0.15, 0.2) is 22.7 Å². The predicted molar refractivity (Wildman–Crippen MR) is 76.8 cm³/mol. The lowest BCUT2D eigenvalue weighted by Crippen LogP contribution is -2.51. The first-order chi connectivity index (χ1) is 8.89. The van der Waals surface area contributed by atoms with Gasteiger partial charge in [0.25, 0.3) is 5.91 Å². The fraction of sp³-hybridized carbons (Fsp3) is 0.533. The summed E-state index contributed by atoms with van der Waals surface area (Å²) in [5, 5.41) is 10.4. The average molecular weight is 324 g/mol. The molecule has 2 aliphatic rings. The first-order valence-corrected chi connectivity index (χ1v) is 7.49. The quantitative estimate of drug-likeness (QED) is 0.929. The number of carbonyl (C=O) groups is 1. The standard InChI is InChI=1S/C15H18BrNO2/c1-15(2,19)13(9-6-7-9)17-8-10-4-3-5-11(16)12(10)14(17)18/h3-5,9,13,19H,6-8H2,1-2H3/t13-/m1/s1. The van der Waals surface area contributed by atoms with Crippen LogP contribution in [0.2, 0.25) is 0 Å². The van der Waals surface area contributed by atoms with Crippen molar-refractivity contribution in [3.05, 3.63) is 33.8 Å². The summed E-state index contributed by atoms with van der Waals surface area (Å²) in [5.41, 5.74) is 0.956. The van der Waals surface area contributed by atoms with Crippen molar-refractivity contribution in [2.24, 2.45) is 5.92 Å². The normalized spacial score (nSPS) is 20.6. The van der Waals surface area contributed by atoms with Crippen LogP contribution >= 0.6 is 15.9 Å². The Morgan fingerprint density at radius 1 is 1.42 bits per heavy atom. The zero-order valence-corrected chi connectivity index (χ0v) is 12.8. The van der Waals surface area contributed by atoms with Gasteiger partial charge in [-0.3, -0.25) is 4.79 Å². The monoisotopic (exact) mass is 323 g/mol. The van der Waals surface area contributed by atoms with Crippen molar-refractivity contribution in [3.63, 3.8) is 0 Å². The maximum Gasteiger partial charge on any atom is 0.256 e. The van der Waals surface area contributed by atoms with Crippen LogP contribution < -0.4 is 0 Å². The van der Waals surface area contributed by atoms with Crippen LogP contribution in [0.25, 0.3) is 0 Å². The van der Waals surface area contributed by atoms with Crippen LogP contribution in [0.1, 0.15) is 42.6 Å². The molecule has 19 heavy (non-hydrogen) atoms. The van der Waals surface area contributed by atoms with Gasteiger partial charge in [-0.2, -0.15) is 0 Å². The Morgan fingerprint density at radius 3 is 2.63 bits per heavy atom. The summed E-state index contributed by atoms with van der Waals surface area (Å²) >= 11 is 3.46. The lowest BCUT2D eigenvalue weighted by Gasteiger charge is -2.37. The first kappa shape index (κ1) is 13.1. The molecule has 0 aromatic heterocycles. The summed E-state index contributed by atoms with van der Waals surface area (Å²) in [6.45, 7) is 4.22. The van der Waals surface area contributed by atoms with Gasteiger partial charge in [0, 0.05) is 11.0 Å². The summed E-state index contributed by atoms with van der Waals surface area (Å²) in [7, 11) is 0. The highest BCUT2D eigenvalue weighted by Gasteiger charge is 2.47. The Labute approximate surface area is 121 Å². The smallest absolute Gasteiger partial charge is 0.256 e. The fourth-order valence-corrected chi connectivity index (χ4v) is 3.77. The molecule has 0 saturated heterocycles. The number of amides is 1. The van der Waals surface area contributed by atoms with E-state index >= 15 is 0 Å². The second-order valence-corrected chi connectivity index (χ2v) is 7.00. The Morgan fingerprint density at radius 2 is 2.11 bits per heavy atom. The van der Waals surface area contributed by atoms with Crippen molar-refractivity contribution in [1.29, 1.82) is 0 Å². The molecule has 102 valence electrons. The van der Waals surface area contributed by atoms with Crippen molar-refractivity contribution in [2.75, 3.05) is 0 Å². The van der Waals surface area contributed by atoms with Crippen molar-refractivity contribution in [1.82, 2.24) is 4.90 Å². The van der Waals surface area contributed by atoms with Gasteiger partial charge < -0.3 is 10.0 Å². The third-order valence-corrected chi connectivity index (χ3v) is 4.70. The highest BCUT2D eigenvalue weighted by Crippen LogP contribution is 2.43. The number of aliphatic hydroxyl groups is 1. The molecule has 3 rings (SSSR count). The van der Waals surface area contributed by atoms with Gasteiger partial charge in [0.2, 0.25) is 0 Å². The number of halogens is 1. The number of hydrogen-bond acceptors (Lipinski definition) is 2. The minimum atomic E-state index is -0.856. The molecule has 3 nitrogen and oxygen atoms in total. The summed E-state index contributed by atoms with van der Waals surface area (Å²) in [4.78, 5) is 14.5. The van der Waals surface area contributed by atoms with E-state index in [2.05, 4.69) is 15.9 Å². The molecule has 0 spiro atoms. The molecular formula is C15H18BrNO2. The van der Waals surface area contributed by atoms with Gasteiger partial charge in [-0.15, -0.1) is 0 Å². The van der Waals surface area contributed by atoms with Gasteiger partial charge in [0.05, 0.1) is 17.2 Å². The highest BCUT2D eigenvalue weighted by molar-refractivity contribution is 9.10.